The third-order valence-corrected chi connectivity index (χ3v) is 8.26. The number of rotatable bonds is 5. The first kappa shape index (κ1) is 19.4. The number of thiophene rings is 1. The number of oxazole rings is 1. The fourth-order valence-corrected chi connectivity index (χ4v) is 6.11. The van der Waals surface area contributed by atoms with Crippen LogP contribution in [0.1, 0.15) is 36.8 Å². The Bertz CT molecular complexity index is 1060. The summed E-state index contributed by atoms with van der Waals surface area (Å²) >= 11 is 1.56. The van der Waals surface area contributed by atoms with Gasteiger partial charge in [-0.3, -0.25) is 4.68 Å². The van der Waals surface area contributed by atoms with Gasteiger partial charge in [-0.15, -0.1) is 11.3 Å². The minimum atomic E-state index is -3.54. The zero-order valence-electron chi connectivity index (χ0n) is 16.3. The molecule has 0 radical (unpaired) electrons. The van der Waals surface area contributed by atoms with Crippen LogP contribution in [0.4, 0.5) is 0 Å². The predicted molar refractivity (Wildman–Crippen MR) is 108 cm³/mol. The van der Waals surface area contributed by atoms with Crippen LogP contribution in [0.5, 0.6) is 0 Å². The maximum Gasteiger partial charge on any atom is 0.246 e. The maximum absolute atomic E-state index is 13.2. The molecular weight excluding hydrogens is 396 g/mol. The van der Waals surface area contributed by atoms with Crippen molar-refractivity contribution in [1.29, 1.82) is 0 Å². The molecule has 0 amide bonds. The zero-order chi connectivity index (χ0) is 19.9. The molecule has 1 aliphatic rings. The Hall–Kier alpha value is -1.97. The Morgan fingerprint density at radius 2 is 2.04 bits per heavy atom. The van der Waals surface area contributed by atoms with E-state index in [1.807, 2.05) is 17.5 Å². The number of aryl methyl sites for hydroxylation is 1. The van der Waals surface area contributed by atoms with Crippen molar-refractivity contribution in [3.05, 3.63) is 40.9 Å². The quantitative estimate of drug-likeness (QED) is 0.629. The topological polar surface area (TPSA) is 81.2 Å². The molecule has 9 heteroatoms. The van der Waals surface area contributed by atoms with Crippen LogP contribution >= 0.6 is 11.3 Å². The largest absolute Gasteiger partial charge is 0.443 e. The standard InChI is InChI=1S/C19H24N4O3S2/c1-13-6-8-22(9-7-13)28(24,25)18-14(2)21-23(15(18)3)11-16-12-26-19(20-16)17-5-4-10-27-17/h4-5,10,12-13H,6-9,11H2,1-3H3. The Balaban J connectivity index is 1.59. The molecule has 1 aliphatic heterocycles. The summed E-state index contributed by atoms with van der Waals surface area (Å²) in [6.45, 7) is 7.24. The summed E-state index contributed by atoms with van der Waals surface area (Å²) in [5, 5.41) is 6.46. The van der Waals surface area contributed by atoms with Crippen LogP contribution in [-0.2, 0) is 16.6 Å². The summed E-state index contributed by atoms with van der Waals surface area (Å²) in [5.74, 6) is 1.14. The molecule has 3 aromatic heterocycles. The van der Waals surface area contributed by atoms with E-state index in [2.05, 4.69) is 17.0 Å². The van der Waals surface area contributed by atoms with Gasteiger partial charge in [0.1, 0.15) is 16.9 Å². The minimum absolute atomic E-state index is 0.323. The third-order valence-electron chi connectivity index (χ3n) is 5.25. The number of nitrogens with zero attached hydrogens (tertiary/aromatic N) is 4. The third kappa shape index (κ3) is 3.54. The van der Waals surface area contributed by atoms with Gasteiger partial charge in [-0.2, -0.15) is 9.40 Å². The van der Waals surface area contributed by atoms with Crippen LogP contribution in [0.25, 0.3) is 10.8 Å². The van der Waals surface area contributed by atoms with E-state index >= 15 is 0 Å². The van der Waals surface area contributed by atoms with Crippen LogP contribution in [0.3, 0.4) is 0 Å². The fraction of sp³-hybridized carbons (Fsp3) is 0.474. The van der Waals surface area contributed by atoms with Crippen molar-refractivity contribution >= 4 is 21.4 Å². The van der Waals surface area contributed by atoms with Gasteiger partial charge in [0.25, 0.3) is 0 Å². The van der Waals surface area contributed by atoms with Crippen LogP contribution in [0.2, 0.25) is 0 Å². The molecule has 0 aromatic carbocycles. The van der Waals surface area contributed by atoms with E-state index < -0.39 is 10.0 Å². The molecule has 1 fully saturated rings. The summed E-state index contributed by atoms with van der Waals surface area (Å²) in [5.41, 5.74) is 1.87. The van der Waals surface area contributed by atoms with Gasteiger partial charge in [-0.25, -0.2) is 13.4 Å². The molecule has 0 saturated carbocycles. The van der Waals surface area contributed by atoms with Gasteiger partial charge < -0.3 is 4.42 Å². The highest BCUT2D eigenvalue weighted by atomic mass is 32.2. The SMILES string of the molecule is Cc1nn(Cc2coc(-c3cccs3)n2)c(C)c1S(=O)(=O)N1CCC(C)CC1. The molecule has 0 N–H and O–H groups in total. The van der Waals surface area contributed by atoms with Crippen molar-refractivity contribution in [3.8, 4) is 10.8 Å². The van der Waals surface area contributed by atoms with E-state index in [0.717, 1.165) is 17.7 Å². The van der Waals surface area contributed by atoms with Gasteiger partial charge in [0.2, 0.25) is 15.9 Å². The first-order valence-corrected chi connectivity index (χ1v) is 11.7. The monoisotopic (exact) mass is 420 g/mol. The van der Waals surface area contributed by atoms with E-state index in [4.69, 9.17) is 4.42 Å². The Morgan fingerprint density at radius 3 is 2.71 bits per heavy atom. The van der Waals surface area contributed by atoms with E-state index in [1.54, 1.807) is 40.4 Å². The normalized spacial score (nSPS) is 16.7. The first-order chi connectivity index (χ1) is 13.4. The molecular formula is C19H24N4O3S2. The second-order valence-electron chi connectivity index (χ2n) is 7.37. The highest BCUT2D eigenvalue weighted by Crippen LogP contribution is 2.28. The van der Waals surface area contributed by atoms with Gasteiger partial charge >= 0.3 is 0 Å². The number of hydrogen-bond donors (Lipinski definition) is 0. The second kappa shape index (κ2) is 7.46. The minimum Gasteiger partial charge on any atom is -0.443 e. The summed E-state index contributed by atoms with van der Waals surface area (Å²) < 4.78 is 35.3. The second-order valence-corrected chi connectivity index (χ2v) is 10.2. The highest BCUT2D eigenvalue weighted by Gasteiger charge is 2.33. The Labute approximate surface area is 169 Å². The molecule has 0 aliphatic carbocycles. The van der Waals surface area contributed by atoms with E-state index in [0.29, 0.717) is 53.4 Å². The van der Waals surface area contributed by atoms with E-state index in [-0.39, 0.29) is 0 Å². The van der Waals surface area contributed by atoms with Crippen LogP contribution < -0.4 is 0 Å². The number of piperidine rings is 1. The smallest absolute Gasteiger partial charge is 0.246 e. The van der Waals surface area contributed by atoms with Crippen LogP contribution in [-0.4, -0.2) is 40.6 Å². The Morgan fingerprint density at radius 1 is 1.29 bits per heavy atom. The lowest BCUT2D eigenvalue weighted by molar-refractivity contribution is 0.288. The summed E-state index contributed by atoms with van der Waals surface area (Å²) in [4.78, 5) is 5.79. The van der Waals surface area contributed by atoms with E-state index in [1.165, 1.54) is 0 Å². The molecule has 0 unspecified atom stereocenters. The number of sulfonamides is 1. The molecule has 1 saturated heterocycles. The van der Waals surface area contributed by atoms with Crippen molar-refractivity contribution < 1.29 is 12.8 Å². The first-order valence-electron chi connectivity index (χ1n) is 9.38. The Kier molecular flexibility index (Phi) is 5.15. The summed E-state index contributed by atoms with van der Waals surface area (Å²) in [6, 6.07) is 3.90. The molecule has 0 spiro atoms. The molecule has 4 rings (SSSR count). The molecule has 150 valence electrons. The molecule has 7 nitrogen and oxygen atoms in total. The van der Waals surface area contributed by atoms with Crippen LogP contribution in [0.15, 0.2) is 33.1 Å². The summed E-state index contributed by atoms with van der Waals surface area (Å²) in [6.07, 6.45) is 3.40. The number of aromatic nitrogens is 3. The lowest BCUT2D eigenvalue weighted by atomic mass is 10.0. The average Bonchev–Trinajstić information content (AvgIpc) is 3.37. The predicted octanol–water partition coefficient (Wildman–Crippen LogP) is 3.69. The molecule has 3 aromatic rings. The van der Waals surface area contributed by atoms with Crippen molar-refractivity contribution in [2.24, 2.45) is 5.92 Å². The van der Waals surface area contributed by atoms with Crippen molar-refractivity contribution in [3.63, 3.8) is 0 Å². The average molecular weight is 421 g/mol. The molecule has 4 heterocycles. The van der Waals surface area contributed by atoms with Gasteiger partial charge in [-0.1, -0.05) is 13.0 Å². The van der Waals surface area contributed by atoms with Gasteiger partial charge in [0.15, 0.2) is 0 Å². The van der Waals surface area contributed by atoms with Gasteiger partial charge in [-0.05, 0) is 44.1 Å². The van der Waals surface area contributed by atoms with Gasteiger partial charge in [0, 0.05) is 13.1 Å². The lowest BCUT2D eigenvalue weighted by Gasteiger charge is -2.29. The zero-order valence-corrected chi connectivity index (χ0v) is 17.9. The van der Waals surface area contributed by atoms with E-state index in [9.17, 15) is 8.42 Å². The van der Waals surface area contributed by atoms with Crippen molar-refractivity contribution in [2.45, 2.75) is 45.1 Å². The fourth-order valence-electron chi connectivity index (χ4n) is 3.61. The van der Waals surface area contributed by atoms with Crippen molar-refractivity contribution in [2.75, 3.05) is 13.1 Å². The highest BCUT2D eigenvalue weighted by molar-refractivity contribution is 7.89. The maximum atomic E-state index is 13.2. The van der Waals surface area contributed by atoms with Crippen LogP contribution in [0, 0.1) is 19.8 Å². The lowest BCUT2D eigenvalue weighted by Crippen LogP contribution is -2.38. The van der Waals surface area contributed by atoms with Crippen molar-refractivity contribution in [1.82, 2.24) is 19.1 Å². The van der Waals surface area contributed by atoms with Gasteiger partial charge in [0.05, 0.1) is 22.8 Å². The molecule has 0 bridgehead atoms. The molecule has 0 atom stereocenters. The number of hydrogen-bond acceptors (Lipinski definition) is 6. The molecule has 28 heavy (non-hydrogen) atoms. The summed E-state index contributed by atoms with van der Waals surface area (Å²) in [7, 11) is -3.54.